The van der Waals surface area contributed by atoms with Gasteiger partial charge in [-0.25, -0.2) is 0 Å². The Hall–Kier alpha value is -0.570. The van der Waals surface area contributed by atoms with Gasteiger partial charge in [0, 0.05) is 17.1 Å². The SMILES string of the molecule is CC[C@H](N[C@H](C)CO)c1cccc(Cl)c1. The van der Waals surface area contributed by atoms with Crippen LogP contribution in [0.1, 0.15) is 31.9 Å². The van der Waals surface area contributed by atoms with Gasteiger partial charge in [0.1, 0.15) is 0 Å². The smallest absolute Gasteiger partial charge is 0.0582 e. The molecule has 0 radical (unpaired) electrons. The maximum absolute atomic E-state index is 8.99. The lowest BCUT2D eigenvalue weighted by atomic mass is 10.0. The van der Waals surface area contributed by atoms with E-state index in [1.54, 1.807) is 0 Å². The Balaban J connectivity index is 2.73. The Kier molecular flexibility index (Phi) is 5.09. The van der Waals surface area contributed by atoms with Crippen molar-refractivity contribution in [2.45, 2.75) is 32.4 Å². The Labute approximate surface area is 96.3 Å². The molecule has 0 aliphatic heterocycles. The lowest BCUT2D eigenvalue weighted by molar-refractivity contribution is 0.239. The molecule has 0 aromatic heterocycles. The second-order valence-electron chi connectivity index (χ2n) is 3.77. The first kappa shape index (κ1) is 12.5. The molecule has 15 heavy (non-hydrogen) atoms. The Bertz CT molecular complexity index is 303. The van der Waals surface area contributed by atoms with Crippen LogP contribution in [0.4, 0.5) is 0 Å². The van der Waals surface area contributed by atoms with Crippen molar-refractivity contribution in [3.05, 3.63) is 34.9 Å². The molecule has 0 saturated heterocycles. The monoisotopic (exact) mass is 227 g/mol. The maximum Gasteiger partial charge on any atom is 0.0582 e. The van der Waals surface area contributed by atoms with Crippen LogP contribution < -0.4 is 5.32 Å². The number of hydrogen-bond acceptors (Lipinski definition) is 2. The van der Waals surface area contributed by atoms with E-state index in [4.69, 9.17) is 16.7 Å². The molecule has 2 nitrogen and oxygen atoms in total. The van der Waals surface area contributed by atoms with Crippen LogP contribution in [0.2, 0.25) is 5.02 Å². The molecule has 0 bridgehead atoms. The van der Waals surface area contributed by atoms with Crippen molar-refractivity contribution in [2.75, 3.05) is 6.61 Å². The summed E-state index contributed by atoms with van der Waals surface area (Å²) < 4.78 is 0. The molecule has 0 spiro atoms. The number of nitrogens with one attached hydrogen (secondary N) is 1. The Morgan fingerprint density at radius 1 is 1.47 bits per heavy atom. The zero-order valence-corrected chi connectivity index (χ0v) is 9.96. The zero-order chi connectivity index (χ0) is 11.3. The van der Waals surface area contributed by atoms with Gasteiger partial charge in [0.15, 0.2) is 0 Å². The molecule has 0 heterocycles. The third kappa shape index (κ3) is 3.82. The van der Waals surface area contributed by atoms with Gasteiger partial charge in [0.25, 0.3) is 0 Å². The lowest BCUT2D eigenvalue weighted by Crippen LogP contribution is -2.32. The minimum Gasteiger partial charge on any atom is -0.395 e. The normalized spacial score (nSPS) is 14.9. The molecule has 1 aromatic rings. The van der Waals surface area contributed by atoms with Gasteiger partial charge in [-0.3, -0.25) is 0 Å². The van der Waals surface area contributed by atoms with Gasteiger partial charge in [-0.2, -0.15) is 0 Å². The minimum absolute atomic E-state index is 0.105. The van der Waals surface area contributed by atoms with Gasteiger partial charge >= 0.3 is 0 Å². The molecule has 1 rings (SSSR count). The molecular weight excluding hydrogens is 210 g/mol. The summed E-state index contributed by atoms with van der Waals surface area (Å²) in [7, 11) is 0. The number of hydrogen-bond donors (Lipinski definition) is 2. The molecule has 0 aliphatic carbocycles. The summed E-state index contributed by atoms with van der Waals surface area (Å²) in [6.45, 7) is 4.23. The predicted molar refractivity (Wildman–Crippen MR) is 64.2 cm³/mol. The van der Waals surface area contributed by atoms with Gasteiger partial charge in [0.05, 0.1) is 6.61 Å². The third-order valence-electron chi connectivity index (χ3n) is 2.42. The largest absolute Gasteiger partial charge is 0.395 e. The molecule has 1 aromatic carbocycles. The van der Waals surface area contributed by atoms with Gasteiger partial charge in [0.2, 0.25) is 0 Å². The predicted octanol–water partition coefficient (Wildman–Crippen LogP) is 2.76. The molecule has 0 fully saturated rings. The molecule has 0 aliphatic rings. The van der Waals surface area contributed by atoms with Crippen molar-refractivity contribution in [2.24, 2.45) is 0 Å². The molecule has 0 saturated carbocycles. The first-order chi connectivity index (χ1) is 7.17. The average Bonchev–Trinajstić information content (AvgIpc) is 2.25. The second-order valence-corrected chi connectivity index (χ2v) is 4.20. The molecule has 84 valence electrons. The van der Waals surface area contributed by atoms with Crippen molar-refractivity contribution in [3.8, 4) is 0 Å². The van der Waals surface area contributed by atoms with Gasteiger partial charge < -0.3 is 10.4 Å². The van der Waals surface area contributed by atoms with E-state index >= 15 is 0 Å². The molecule has 2 atom stereocenters. The van der Waals surface area contributed by atoms with Crippen molar-refractivity contribution >= 4 is 11.6 Å². The summed E-state index contributed by atoms with van der Waals surface area (Å²) in [5.41, 5.74) is 1.17. The van der Waals surface area contributed by atoms with Crippen LogP contribution in [0.3, 0.4) is 0 Å². The molecule has 2 N–H and O–H groups in total. The topological polar surface area (TPSA) is 32.3 Å². The molecule has 0 amide bonds. The van der Waals surface area contributed by atoms with Crippen molar-refractivity contribution in [1.82, 2.24) is 5.32 Å². The van der Waals surface area contributed by atoms with Crippen LogP contribution in [0.15, 0.2) is 24.3 Å². The highest BCUT2D eigenvalue weighted by Gasteiger charge is 2.11. The minimum atomic E-state index is 0.105. The van der Waals surface area contributed by atoms with E-state index in [-0.39, 0.29) is 18.7 Å². The van der Waals surface area contributed by atoms with E-state index in [2.05, 4.69) is 18.3 Å². The lowest BCUT2D eigenvalue weighted by Gasteiger charge is -2.21. The van der Waals surface area contributed by atoms with Crippen molar-refractivity contribution in [1.29, 1.82) is 0 Å². The first-order valence-corrected chi connectivity index (χ1v) is 5.67. The fourth-order valence-corrected chi connectivity index (χ4v) is 1.77. The van der Waals surface area contributed by atoms with Crippen LogP contribution >= 0.6 is 11.6 Å². The first-order valence-electron chi connectivity index (χ1n) is 5.29. The Morgan fingerprint density at radius 3 is 2.73 bits per heavy atom. The van der Waals surface area contributed by atoms with Crippen LogP contribution in [-0.2, 0) is 0 Å². The van der Waals surface area contributed by atoms with Crippen LogP contribution in [-0.4, -0.2) is 17.8 Å². The van der Waals surface area contributed by atoms with Crippen LogP contribution in [0.25, 0.3) is 0 Å². The van der Waals surface area contributed by atoms with Crippen molar-refractivity contribution < 1.29 is 5.11 Å². The standard InChI is InChI=1S/C12H18ClNO/c1-3-12(14-9(2)8-15)10-5-4-6-11(13)7-10/h4-7,9,12,14-15H,3,8H2,1-2H3/t9-,12+/m1/s1. The van der Waals surface area contributed by atoms with E-state index in [9.17, 15) is 0 Å². The molecular formula is C12H18ClNO. The highest BCUT2D eigenvalue weighted by Crippen LogP contribution is 2.20. The summed E-state index contributed by atoms with van der Waals surface area (Å²) in [5, 5.41) is 13.1. The van der Waals surface area contributed by atoms with Crippen molar-refractivity contribution in [3.63, 3.8) is 0 Å². The van der Waals surface area contributed by atoms with E-state index in [0.717, 1.165) is 11.4 Å². The summed E-state index contributed by atoms with van der Waals surface area (Å²) >= 11 is 5.94. The van der Waals surface area contributed by atoms with Gasteiger partial charge in [-0.1, -0.05) is 30.7 Å². The summed E-state index contributed by atoms with van der Waals surface area (Å²) in [6.07, 6.45) is 0.977. The molecule has 3 heteroatoms. The van der Waals surface area contributed by atoms with Crippen LogP contribution in [0.5, 0.6) is 0 Å². The Morgan fingerprint density at radius 2 is 2.20 bits per heavy atom. The highest BCUT2D eigenvalue weighted by molar-refractivity contribution is 6.30. The number of halogens is 1. The van der Waals surface area contributed by atoms with E-state index in [1.165, 1.54) is 5.56 Å². The van der Waals surface area contributed by atoms with Crippen LogP contribution in [0, 0.1) is 0 Å². The molecule has 0 unspecified atom stereocenters. The fraction of sp³-hybridized carbons (Fsp3) is 0.500. The van der Waals surface area contributed by atoms with E-state index in [1.807, 2.05) is 25.1 Å². The summed E-state index contributed by atoms with van der Waals surface area (Å²) in [4.78, 5) is 0. The quantitative estimate of drug-likeness (QED) is 0.811. The number of benzene rings is 1. The van der Waals surface area contributed by atoms with Gasteiger partial charge in [-0.15, -0.1) is 0 Å². The fourth-order valence-electron chi connectivity index (χ4n) is 1.57. The summed E-state index contributed by atoms with van der Waals surface area (Å²) in [6, 6.07) is 8.20. The summed E-state index contributed by atoms with van der Waals surface area (Å²) in [5.74, 6) is 0. The van der Waals surface area contributed by atoms with E-state index in [0.29, 0.717) is 0 Å². The third-order valence-corrected chi connectivity index (χ3v) is 2.65. The second kappa shape index (κ2) is 6.11. The van der Waals surface area contributed by atoms with Gasteiger partial charge in [-0.05, 0) is 31.0 Å². The zero-order valence-electron chi connectivity index (χ0n) is 9.20. The number of aliphatic hydroxyl groups excluding tert-OH is 1. The average molecular weight is 228 g/mol. The highest BCUT2D eigenvalue weighted by atomic mass is 35.5. The number of rotatable bonds is 5. The van der Waals surface area contributed by atoms with E-state index < -0.39 is 0 Å². The maximum atomic E-state index is 8.99. The number of aliphatic hydroxyl groups is 1.